The SMILES string of the molecule is COc1ccc(/C=N/NC(=O)c2cc3ccccc3cc2O)c(O)c1. The summed E-state index contributed by atoms with van der Waals surface area (Å²) in [5, 5.41) is 25.4. The molecule has 3 aromatic rings. The lowest BCUT2D eigenvalue weighted by molar-refractivity contribution is 0.0952. The molecule has 6 heteroatoms. The third kappa shape index (κ3) is 3.53. The van der Waals surface area contributed by atoms with Crippen molar-refractivity contribution in [1.82, 2.24) is 5.43 Å². The summed E-state index contributed by atoms with van der Waals surface area (Å²) in [4.78, 5) is 12.2. The van der Waals surface area contributed by atoms with Crippen LogP contribution in [0.15, 0.2) is 59.7 Å². The van der Waals surface area contributed by atoms with Crippen LogP contribution in [-0.2, 0) is 0 Å². The first-order valence-corrected chi connectivity index (χ1v) is 7.50. The summed E-state index contributed by atoms with van der Waals surface area (Å²) >= 11 is 0. The van der Waals surface area contributed by atoms with Crippen LogP contribution < -0.4 is 10.2 Å². The number of ether oxygens (including phenoxy) is 1. The Labute approximate surface area is 144 Å². The van der Waals surface area contributed by atoms with Gasteiger partial charge in [-0.1, -0.05) is 24.3 Å². The fraction of sp³-hybridized carbons (Fsp3) is 0.0526. The van der Waals surface area contributed by atoms with Crippen molar-refractivity contribution in [2.75, 3.05) is 7.11 Å². The van der Waals surface area contributed by atoms with Gasteiger partial charge in [-0.2, -0.15) is 5.10 Å². The Kier molecular flexibility index (Phi) is 4.52. The molecule has 25 heavy (non-hydrogen) atoms. The van der Waals surface area contributed by atoms with Gasteiger partial charge in [0.2, 0.25) is 0 Å². The van der Waals surface area contributed by atoms with Crippen molar-refractivity contribution in [2.24, 2.45) is 5.10 Å². The average Bonchev–Trinajstić information content (AvgIpc) is 2.62. The Bertz CT molecular complexity index is 967. The van der Waals surface area contributed by atoms with E-state index in [-0.39, 0.29) is 17.1 Å². The molecule has 0 aromatic heterocycles. The number of hydrogen-bond acceptors (Lipinski definition) is 5. The summed E-state index contributed by atoms with van der Waals surface area (Å²) in [6.45, 7) is 0. The van der Waals surface area contributed by atoms with Crippen molar-refractivity contribution in [1.29, 1.82) is 0 Å². The predicted molar refractivity (Wildman–Crippen MR) is 95.3 cm³/mol. The second-order valence-electron chi connectivity index (χ2n) is 5.34. The highest BCUT2D eigenvalue weighted by molar-refractivity contribution is 6.01. The van der Waals surface area contributed by atoms with E-state index in [0.29, 0.717) is 11.3 Å². The van der Waals surface area contributed by atoms with E-state index in [0.717, 1.165) is 10.8 Å². The molecule has 3 N–H and O–H groups in total. The maximum atomic E-state index is 12.2. The van der Waals surface area contributed by atoms with Gasteiger partial charge in [0.1, 0.15) is 17.2 Å². The molecular weight excluding hydrogens is 320 g/mol. The summed E-state index contributed by atoms with van der Waals surface area (Å²) in [6.07, 6.45) is 1.31. The minimum Gasteiger partial charge on any atom is -0.507 e. The fourth-order valence-electron chi connectivity index (χ4n) is 2.39. The number of carbonyl (C=O) groups is 1. The maximum Gasteiger partial charge on any atom is 0.275 e. The quantitative estimate of drug-likeness (QED) is 0.504. The Balaban J connectivity index is 1.77. The molecule has 0 saturated carbocycles. The van der Waals surface area contributed by atoms with Crippen LogP contribution in [0.1, 0.15) is 15.9 Å². The van der Waals surface area contributed by atoms with E-state index in [4.69, 9.17) is 4.74 Å². The fourth-order valence-corrected chi connectivity index (χ4v) is 2.39. The number of phenols is 2. The van der Waals surface area contributed by atoms with E-state index >= 15 is 0 Å². The van der Waals surface area contributed by atoms with E-state index < -0.39 is 5.91 Å². The lowest BCUT2D eigenvalue weighted by atomic mass is 10.1. The van der Waals surface area contributed by atoms with Gasteiger partial charge in [-0.25, -0.2) is 5.43 Å². The molecular formula is C19H16N2O4. The number of hydrazone groups is 1. The van der Waals surface area contributed by atoms with Gasteiger partial charge in [0, 0.05) is 11.6 Å². The van der Waals surface area contributed by atoms with E-state index in [1.165, 1.54) is 25.5 Å². The van der Waals surface area contributed by atoms with Gasteiger partial charge in [-0.15, -0.1) is 0 Å². The summed E-state index contributed by atoms with van der Waals surface area (Å²) in [6, 6.07) is 15.3. The molecule has 3 rings (SSSR count). The Morgan fingerprint density at radius 2 is 1.76 bits per heavy atom. The van der Waals surface area contributed by atoms with Crippen molar-refractivity contribution in [3.05, 3.63) is 65.7 Å². The van der Waals surface area contributed by atoms with Crippen LogP contribution in [0.5, 0.6) is 17.2 Å². The number of nitrogens with one attached hydrogen (secondary N) is 1. The normalized spacial score (nSPS) is 10.9. The molecule has 0 fully saturated rings. The van der Waals surface area contributed by atoms with Crippen LogP contribution in [0.2, 0.25) is 0 Å². The number of rotatable bonds is 4. The maximum absolute atomic E-state index is 12.2. The monoisotopic (exact) mass is 336 g/mol. The van der Waals surface area contributed by atoms with Gasteiger partial charge in [-0.05, 0) is 35.0 Å². The highest BCUT2D eigenvalue weighted by Gasteiger charge is 2.11. The third-order valence-electron chi connectivity index (χ3n) is 3.72. The predicted octanol–water partition coefficient (Wildman–Crippen LogP) is 3.02. The lowest BCUT2D eigenvalue weighted by Gasteiger charge is -2.06. The van der Waals surface area contributed by atoms with Crippen molar-refractivity contribution in [2.45, 2.75) is 0 Å². The van der Waals surface area contributed by atoms with Gasteiger partial charge >= 0.3 is 0 Å². The molecule has 0 bridgehead atoms. The average molecular weight is 336 g/mol. The summed E-state index contributed by atoms with van der Waals surface area (Å²) in [5.74, 6) is -0.183. The second-order valence-corrected chi connectivity index (χ2v) is 5.34. The summed E-state index contributed by atoms with van der Waals surface area (Å²) < 4.78 is 5.00. The largest absolute Gasteiger partial charge is 0.507 e. The number of carbonyl (C=O) groups excluding carboxylic acids is 1. The molecule has 0 atom stereocenters. The van der Waals surface area contributed by atoms with Gasteiger partial charge in [0.25, 0.3) is 5.91 Å². The Morgan fingerprint density at radius 3 is 2.44 bits per heavy atom. The van der Waals surface area contributed by atoms with E-state index in [2.05, 4.69) is 10.5 Å². The highest BCUT2D eigenvalue weighted by atomic mass is 16.5. The standard InChI is InChI=1S/C19H16N2O4/c1-25-15-7-6-14(17(22)10-15)11-20-21-19(24)16-8-12-4-2-3-5-13(12)9-18(16)23/h2-11,22-23H,1H3,(H,21,24)/b20-11+. The number of benzene rings is 3. The molecule has 126 valence electrons. The zero-order valence-electron chi connectivity index (χ0n) is 13.4. The molecule has 0 unspecified atom stereocenters. The van der Waals surface area contributed by atoms with E-state index in [1.807, 2.05) is 24.3 Å². The smallest absolute Gasteiger partial charge is 0.275 e. The minimum absolute atomic E-state index is 0.0223. The molecule has 0 aliphatic heterocycles. The van der Waals surface area contributed by atoms with Gasteiger partial charge in [0.05, 0.1) is 18.9 Å². The molecule has 3 aromatic carbocycles. The molecule has 0 saturated heterocycles. The number of phenolic OH excluding ortho intramolecular Hbond substituents is 2. The van der Waals surface area contributed by atoms with Crippen LogP contribution in [0.25, 0.3) is 10.8 Å². The number of fused-ring (bicyclic) bond motifs is 1. The molecule has 0 spiro atoms. The Hall–Kier alpha value is -3.54. The number of aromatic hydroxyl groups is 2. The molecule has 0 aliphatic rings. The third-order valence-corrected chi connectivity index (χ3v) is 3.72. The highest BCUT2D eigenvalue weighted by Crippen LogP contribution is 2.25. The van der Waals surface area contributed by atoms with Crippen LogP contribution in [0, 0.1) is 0 Å². The van der Waals surface area contributed by atoms with Gasteiger partial charge in [0.15, 0.2) is 0 Å². The van der Waals surface area contributed by atoms with Crippen LogP contribution in [0.3, 0.4) is 0 Å². The number of methoxy groups -OCH3 is 1. The lowest BCUT2D eigenvalue weighted by Crippen LogP contribution is -2.17. The van der Waals surface area contributed by atoms with Gasteiger partial charge < -0.3 is 14.9 Å². The number of nitrogens with zero attached hydrogens (tertiary/aromatic N) is 1. The molecule has 0 aliphatic carbocycles. The minimum atomic E-state index is -0.549. The topological polar surface area (TPSA) is 91.2 Å². The van der Waals surface area contributed by atoms with Crippen LogP contribution in [-0.4, -0.2) is 29.4 Å². The second kappa shape index (κ2) is 6.92. The van der Waals surface area contributed by atoms with Gasteiger partial charge in [-0.3, -0.25) is 4.79 Å². The van der Waals surface area contributed by atoms with Crippen LogP contribution in [0.4, 0.5) is 0 Å². The Morgan fingerprint density at radius 1 is 1.04 bits per heavy atom. The number of hydrogen-bond donors (Lipinski definition) is 3. The molecule has 0 heterocycles. The number of amides is 1. The zero-order chi connectivity index (χ0) is 17.8. The summed E-state index contributed by atoms with van der Waals surface area (Å²) in [5.41, 5.74) is 2.88. The van der Waals surface area contributed by atoms with Crippen molar-refractivity contribution < 1.29 is 19.7 Å². The molecule has 1 amide bonds. The first-order valence-electron chi connectivity index (χ1n) is 7.50. The van der Waals surface area contributed by atoms with E-state index in [9.17, 15) is 15.0 Å². The van der Waals surface area contributed by atoms with E-state index in [1.54, 1.807) is 18.2 Å². The van der Waals surface area contributed by atoms with Crippen molar-refractivity contribution in [3.8, 4) is 17.2 Å². The summed E-state index contributed by atoms with van der Waals surface area (Å²) in [7, 11) is 1.50. The van der Waals surface area contributed by atoms with Crippen molar-refractivity contribution in [3.63, 3.8) is 0 Å². The zero-order valence-corrected chi connectivity index (χ0v) is 13.4. The first-order chi connectivity index (χ1) is 12.1. The molecule has 0 radical (unpaired) electrons. The first kappa shape index (κ1) is 16.3. The van der Waals surface area contributed by atoms with Crippen molar-refractivity contribution >= 4 is 22.9 Å². The van der Waals surface area contributed by atoms with Crippen LogP contribution >= 0.6 is 0 Å². The molecule has 6 nitrogen and oxygen atoms in total.